The Balaban J connectivity index is 2.41. The zero-order chi connectivity index (χ0) is 36.7. The Kier molecular flexibility index (Phi) is 29.1. The fourth-order valence-electron chi connectivity index (χ4n) is 5.57. The fourth-order valence-corrected chi connectivity index (χ4v) is 5.57. The van der Waals surface area contributed by atoms with Crippen molar-refractivity contribution in [3.05, 3.63) is 36.5 Å². The lowest BCUT2D eigenvalue weighted by Crippen LogP contribution is -2.59. The molecule has 0 amide bonds. The Labute approximate surface area is 302 Å². The van der Waals surface area contributed by atoms with E-state index in [1.807, 2.05) is 0 Å². The van der Waals surface area contributed by atoms with Gasteiger partial charge in [0, 0.05) is 12.8 Å². The average Bonchev–Trinajstić information content (AvgIpc) is 3.11. The SMILES string of the molecule is CCC/C=C\CCCCCCCC(=O)OCC(COC1OC(CO)C(O)C(O)C1O)OC(=O)CCCCCCC/C=C\C/C=C\CCCCC. The van der Waals surface area contributed by atoms with Crippen LogP contribution < -0.4 is 0 Å². The Morgan fingerprint density at radius 3 is 1.76 bits per heavy atom. The van der Waals surface area contributed by atoms with E-state index in [1.165, 1.54) is 19.3 Å². The third-order valence-corrected chi connectivity index (χ3v) is 8.73. The smallest absolute Gasteiger partial charge is 0.306 e. The van der Waals surface area contributed by atoms with Crippen LogP contribution in [0.3, 0.4) is 0 Å². The van der Waals surface area contributed by atoms with Crippen molar-refractivity contribution in [3.8, 4) is 0 Å². The second-order valence-corrected chi connectivity index (χ2v) is 13.4. The van der Waals surface area contributed by atoms with Gasteiger partial charge in [-0.15, -0.1) is 0 Å². The van der Waals surface area contributed by atoms with Gasteiger partial charge in [-0.3, -0.25) is 9.59 Å². The Morgan fingerprint density at radius 1 is 0.620 bits per heavy atom. The number of hydrogen-bond donors (Lipinski definition) is 4. The Hall–Kier alpha value is -2.08. The van der Waals surface area contributed by atoms with Gasteiger partial charge in [-0.05, 0) is 64.2 Å². The van der Waals surface area contributed by atoms with E-state index >= 15 is 0 Å². The minimum absolute atomic E-state index is 0.212. The van der Waals surface area contributed by atoms with Crippen LogP contribution in [0.15, 0.2) is 36.5 Å². The molecule has 4 N–H and O–H groups in total. The van der Waals surface area contributed by atoms with E-state index in [-0.39, 0.29) is 26.1 Å². The fraction of sp³-hybridized carbons (Fsp3) is 0.800. The van der Waals surface area contributed by atoms with Crippen LogP contribution in [0.2, 0.25) is 0 Å². The standard InChI is InChI=1S/C40H70O10/c1-3-5-7-9-11-13-15-16-17-18-19-21-23-25-27-29-36(43)49-33(32-48-40-39(46)38(45)37(44)34(30-41)50-40)31-47-35(42)28-26-24-22-20-14-12-10-8-6-4-2/h8,10-11,13,16-17,33-34,37-41,44-46H,3-7,9,12,14-15,18-32H2,1-2H3/b10-8-,13-11-,17-16-. The normalized spacial score (nSPS) is 21.8. The number of esters is 2. The van der Waals surface area contributed by atoms with E-state index < -0.39 is 55.4 Å². The molecule has 6 unspecified atom stereocenters. The van der Waals surface area contributed by atoms with Crippen molar-refractivity contribution < 1.29 is 49.0 Å². The second kappa shape index (κ2) is 31.6. The van der Waals surface area contributed by atoms with E-state index in [9.17, 15) is 30.0 Å². The lowest BCUT2D eigenvalue weighted by molar-refractivity contribution is -0.305. The number of ether oxygens (including phenoxy) is 4. The molecule has 0 spiro atoms. The summed E-state index contributed by atoms with van der Waals surface area (Å²) in [7, 11) is 0. The van der Waals surface area contributed by atoms with Crippen molar-refractivity contribution in [2.45, 2.75) is 185 Å². The molecular weight excluding hydrogens is 640 g/mol. The molecule has 0 bridgehead atoms. The molecule has 1 saturated heterocycles. The summed E-state index contributed by atoms with van der Waals surface area (Å²) in [6.07, 6.45) is 25.9. The Bertz CT molecular complexity index is 918. The van der Waals surface area contributed by atoms with Gasteiger partial charge < -0.3 is 39.4 Å². The molecule has 10 heteroatoms. The van der Waals surface area contributed by atoms with Gasteiger partial charge in [0.2, 0.25) is 0 Å². The molecule has 290 valence electrons. The number of unbranched alkanes of at least 4 members (excludes halogenated alkanes) is 14. The van der Waals surface area contributed by atoms with Gasteiger partial charge >= 0.3 is 11.9 Å². The molecule has 1 aliphatic heterocycles. The maximum absolute atomic E-state index is 12.7. The predicted molar refractivity (Wildman–Crippen MR) is 196 cm³/mol. The lowest BCUT2D eigenvalue weighted by Gasteiger charge is -2.39. The van der Waals surface area contributed by atoms with Gasteiger partial charge in [-0.25, -0.2) is 0 Å². The van der Waals surface area contributed by atoms with Gasteiger partial charge in [-0.2, -0.15) is 0 Å². The highest BCUT2D eigenvalue weighted by atomic mass is 16.7. The van der Waals surface area contributed by atoms with E-state index in [1.54, 1.807) is 0 Å². The van der Waals surface area contributed by atoms with Crippen LogP contribution in [0, 0.1) is 0 Å². The molecule has 1 rings (SSSR count). The monoisotopic (exact) mass is 710 g/mol. The Morgan fingerprint density at radius 2 is 1.16 bits per heavy atom. The highest BCUT2D eigenvalue weighted by Gasteiger charge is 2.44. The molecule has 1 aliphatic rings. The summed E-state index contributed by atoms with van der Waals surface area (Å²) in [5.74, 6) is -0.839. The van der Waals surface area contributed by atoms with E-state index in [2.05, 4.69) is 50.3 Å². The number of carbonyl (C=O) groups excluding carboxylic acids is 2. The van der Waals surface area contributed by atoms with Crippen LogP contribution >= 0.6 is 0 Å². The number of hydrogen-bond acceptors (Lipinski definition) is 10. The van der Waals surface area contributed by atoms with Crippen molar-refractivity contribution in [1.82, 2.24) is 0 Å². The molecule has 0 aromatic carbocycles. The van der Waals surface area contributed by atoms with Crippen molar-refractivity contribution in [2.24, 2.45) is 0 Å². The molecule has 10 nitrogen and oxygen atoms in total. The first kappa shape index (κ1) is 45.9. The zero-order valence-corrected chi connectivity index (χ0v) is 31.1. The van der Waals surface area contributed by atoms with E-state index in [0.29, 0.717) is 12.8 Å². The molecule has 0 aromatic rings. The largest absolute Gasteiger partial charge is 0.462 e. The number of allylic oxidation sites excluding steroid dienone is 6. The first-order valence-corrected chi connectivity index (χ1v) is 19.6. The van der Waals surface area contributed by atoms with Crippen molar-refractivity contribution in [1.29, 1.82) is 0 Å². The van der Waals surface area contributed by atoms with E-state index in [4.69, 9.17) is 18.9 Å². The maximum Gasteiger partial charge on any atom is 0.306 e. The number of carbonyl (C=O) groups is 2. The molecule has 0 saturated carbocycles. The van der Waals surface area contributed by atoms with Gasteiger partial charge in [0.1, 0.15) is 31.0 Å². The first-order chi connectivity index (χ1) is 24.3. The van der Waals surface area contributed by atoms with Crippen molar-refractivity contribution >= 4 is 11.9 Å². The average molecular weight is 711 g/mol. The van der Waals surface area contributed by atoms with Crippen LogP contribution in [0.25, 0.3) is 0 Å². The van der Waals surface area contributed by atoms with Crippen LogP contribution in [0.1, 0.15) is 149 Å². The van der Waals surface area contributed by atoms with Crippen LogP contribution in [0.5, 0.6) is 0 Å². The summed E-state index contributed by atoms with van der Waals surface area (Å²) >= 11 is 0. The summed E-state index contributed by atoms with van der Waals surface area (Å²) in [5, 5.41) is 39.9. The minimum Gasteiger partial charge on any atom is -0.462 e. The number of rotatable bonds is 31. The third-order valence-electron chi connectivity index (χ3n) is 8.73. The summed E-state index contributed by atoms with van der Waals surface area (Å²) in [4.78, 5) is 25.1. The van der Waals surface area contributed by atoms with Crippen LogP contribution in [-0.2, 0) is 28.5 Å². The highest BCUT2D eigenvalue weighted by molar-refractivity contribution is 5.70. The van der Waals surface area contributed by atoms with Gasteiger partial charge in [-0.1, -0.05) is 108 Å². The zero-order valence-electron chi connectivity index (χ0n) is 31.1. The first-order valence-electron chi connectivity index (χ1n) is 19.6. The van der Waals surface area contributed by atoms with E-state index in [0.717, 1.165) is 89.9 Å². The lowest BCUT2D eigenvalue weighted by atomic mass is 9.99. The summed E-state index contributed by atoms with van der Waals surface area (Å²) in [6, 6.07) is 0. The number of aliphatic hydroxyl groups is 4. The van der Waals surface area contributed by atoms with Gasteiger partial charge in [0.25, 0.3) is 0 Å². The van der Waals surface area contributed by atoms with Gasteiger partial charge in [0.15, 0.2) is 12.4 Å². The van der Waals surface area contributed by atoms with Crippen LogP contribution in [-0.4, -0.2) is 89.0 Å². The third kappa shape index (κ3) is 23.4. The second-order valence-electron chi connectivity index (χ2n) is 13.4. The van der Waals surface area contributed by atoms with Crippen molar-refractivity contribution in [3.63, 3.8) is 0 Å². The summed E-state index contributed by atoms with van der Waals surface area (Å²) < 4.78 is 22.0. The molecule has 0 aliphatic carbocycles. The maximum atomic E-state index is 12.7. The predicted octanol–water partition coefficient (Wildman–Crippen LogP) is 7.16. The molecular formula is C40H70O10. The highest BCUT2D eigenvalue weighted by Crippen LogP contribution is 2.22. The molecule has 50 heavy (non-hydrogen) atoms. The molecule has 1 fully saturated rings. The molecule has 0 aromatic heterocycles. The van der Waals surface area contributed by atoms with Crippen LogP contribution in [0.4, 0.5) is 0 Å². The molecule has 0 radical (unpaired) electrons. The summed E-state index contributed by atoms with van der Waals surface area (Å²) in [5.41, 5.74) is 0. The van der Waals surface area contributed by atoms with Gasteiger partial charge in [0.05, 0.1) is 13.2 Å². The van der Waals surface area contributed by atoms with Crippen molar-refractivity contribution in [2.75, 3.05) is 19.8 Å². The topological polar surface area (TPSA) is 152 Å². The minimum atomic E-state index is -1.60. The molecule has 6 atom stereocenters. The quantitative estimate of drug-likeness (QED) is 0.0331. The number of aliphatic hydroxyl groups excluding tert-OH is 4. The molecule has 1 heterocycles. The summed E-state index contributed by atoms with van der Waals surface area (Å²) in [6.45, 7) is 3.28.